The summed E-state index contributed by atoms with van der Waals surface area (Å²) in [6, 6.07) is 6.61. The second-order valence-corrected chi connectivity index (χ2v) is 8.36. The van der Waals surface area contributed by atoms with Crippen molar-refractivity contribution in [3.63, 3.8) is 0 Å². The first kappa shape index (κ1) is 21.1. The molecule has 3 aromatic rings. The van der Waals surface area contributed by atoms with E-state index < -0.39 is 5.41 Å². The highest BCUT2D eigenvalue weighted by atomic mass is 32.1. The first-order chi connectivity index (χ1) is 13.8. The third-order valence-corrected chi connectivity index (χ3v) is 5.95. The van der Waals surface area contributed by atoms with Gasteiger partial charge in [0.25, 0.3) is 5.91 Å². The van der Waals surface area contributed by atoms with Crippen LogP contribution in [0.25, 0.3) is 10.2 Å². The number of aromatic nitrogens is 2. The molecular weight excluding hydrogens is 393 g/mol. The lowest BCUT2D eigenvalue weighted by Gasteiger charge is -2.26. The topological polar surface area (TPSA) is 73.3 Å². The number of nitrogens with one attached hydrogen (secondary N) is 1. The van der Waals surface area contributed by atoms with E-state index in [1.165, 1.54) is 24.5 Å². The van der Waals surface area contributed by atoms with Crippen LogP contribution in [0.4, 0.5) is 4.39 Å². The van der Waals surface area contributed by atoms with Crippen LogP contribution in [0.2, 0.25) is 0 Å². The third kappa shape index (κ3) is 4.23. The van der Waals surface area contributed by atoms with Crippen LogP contribution in [0.15, 0.2) is 24.3 Å². The molecule has 0 saturated carbocycles. The Morgan fingerprint density at radius 2 is 1.97 bits per heavy atom. The first-order valence-electron chi connectivity index (χ1n) is 9.14. The van der Waals surface area contributed by atoms with Gasteiger partial charge in [-0.25, -0.2) is 9.37 Å². The number of carbonyl (C=O) groups is 1. The van der Waals surface area contributed by atoms with Crippen molar-refractivity contribution >= 4 is 27.5 Å². The number of nitrogens with zero attached hydrogens (tertiary/aromatic N) is 2. The van der Waals surface area contributed by atoms with Gasteiger partial charge in [-0.1, -0.05) is 32.0 Å². The molecule has 154 valence electrons. The smallest absolute Gasteiger partial charge is 0.261 e. The Balaban J connectivity index is 1.87. The van der Waals surface area contributed by atoms with E-state index in [1.54, 1.807) is 25.3 Å². The van der Waals surface area contributed by atoms with Crippen LogP contribution < -0.4 is 10.1 Å². The molecule has 0 saturated heterocycles. The minimum Gasteiger partial charge on any atom is -0.480 e. The van der Waals surface area contributed by atoms with Crippen LogP contribution in [0, 0.1) is 12.7 Å². The molecule has 1 amide bonds. The molecule has 0 aliphatic heterocycles. The van der Waals surface area contributed by atoms with Gasteiger partial charge in [0.05, 0.1) is 17.4 Å². The number of rotatable bonds is 7. The lowest BCUT2D eigenvalue weighted by atomic mass is 9.84. The summed E-state index contributed by atoms with van der Waals surface area (Å²) < 4.78 is 24.7. The summed E-state index contributed by atoms with van der Waals surface area (Å²) in [6.07, 6.45) is 0. The van der Waals surface area contributed by atoms with Gasteiger partial charge in [-0.05, 0) is 24.1 Å². The maximum Gasteiger partial charge on any atom is 0.261 e. The largest absolute Gasteiger partial charge is 0.480 e. The SMILES string of the molecule is COCc1nc(OC)c2c(C)c(C(=O)NCC(C)(C)c3ccccc3F)sc2n1. The Morgan fingerprint density at radius 3 is 2.62 bits per heavy atom. The highest BCUT2D eigenvalue weighted by Gasteiger charge is 2.26. The maximum absolute atomic E-state index is 14.2. The van der Waals surface area contributed by atoms with E-state index in [-0.39, 0.29) is 24.9 Å². The van der Waals surface area contributed by atoms with Crippen LogP contribution in [0.5, 0.6) is 5.88 Å². The number of benzene rings is 1. The molecule has 0 aliphatic carbocycles. The second-order valence-electron chi connectivity index (χ2n) is 7.36. The Hall–Kier alpha value is -2.58. The van der Waals surface area contributed by atoms with Crippen LogP contribution in [-0.2, 0) is 16.8 Å². The monoisotopic (exact) mass is 417 g/mol. The molecule has 0 bridgehead atoms. The molecule has 0 fully saturated rings. The van der Waals surface area contributed by atoms with Gasteiger partial charge in [0.2, 0.25) is 5.88 Å². The number of fused-ring (bicyclic) bond motifs is 1. The van der Waals surface area contributed by atoms with E-state index in [2.05, 4.69) is 15.3 Å². The summed E-state index contributed by atoms with van der Waals surface area (Å²) in [5.74, 6) is 0.396. The Labute approximate surface area is 173 Å². The van der Waals surface area contributed by atoms with Crippen molar-refractivity contribution in [3.8, 4) is 5.88 Å². The number of halogens is 1. The number of carbonyl (C=O) groups excluding carboxylic acids is 1. The van der Waals surface area contributed by atoms with E-state index in [0.29, 0.717) is 27.0 Å². The minimum atomic E-state index is -0.561. The summed E-state index contributed by atoms with van der Waals surface area (Å²) in [6.45, 7) is 6.18. The van der Waals surface area contributed by atoms with Crippen LogP contribution in [0.3, 0.4) is 0 Å². The van der Waals surface area contributed by atoms with Crippen molar-refractivity contribution in [2.75, 3.05) is 20.8 Å². The molecule has 6 nitrogen and oxygen atoms in total. The summed E-state index contributed by atoms with van der Waals surface area (Å²) in [5, 5.41) is 3.65. The number of ether oxygens (including phenoxy) is 2. The normalized spacial score (nSPS) is 11.7. The number of hydrogen-bond donors (Lipinski definition) is 1. The van der Waals surface area contributed by atoms with Gasteiger partial charge in [0.1, 0.15) is 17.3 Å². The molecule has 8 heteroatoms. The number of hydrogen-bond acceptors (Lipinski definition) is 6. The van der Waals surface area contributed by atoms with E-state index in [4.69, 9.17) is 9.47 Å². The van der Waals surface area contributed by atoms with E-state index in [0.717, 1.165) is 10.9 Å². The van der Waals surface area contributed by atoms with Crippen LogP contribution >= 0.6 is 11.3 Å². The minimum absolute atomic E-state index is 0.231. The lowest BCUT2D eigenvalue weighted by molar-refractivity contribution is 0.0949. The van der Waals surface area contributed by atoms with Crippen LogP contribution in [-0.4, -0.2) is 36.6 Å². The molecule has 2 aromatic heterocycles. The van der Waals surface area contributed by atoms with Gasteiger partial charge in [0.15, 0.2) is 5.82 Å². The summed E-state index contributed by atoms with van der Waals surface area (Å²) >= 11 is 1.28. The molecule has 3 rings (SSSR count). The van der Waals surface area contributed by atoms with Gasteiger partial charge in [-0.15, -0.1) is 11.3 Å². The zero-order valence-electron chi connectivity index (χ0n) is 17.1. The Kier molecular flexibility index (Phi) is 6.14. The van der Waals surface area contributed by atoms with Crippen molar-refractivity contribution in [3.05, 3.63) is 51.9 Å². The third-order valence-electron chi connectivity index (χ3n) is 4.77. The molecule has 0 aliphatic rings. The molecule has 0 atom stereocenters. The van der Waals surface area contributed by atoms with Gasteiger partial charge in [0, 0.05) is 19.1 Å². The Bertz CT molecular complexity index is 1050. The maximum atomic E-state index is 14.2. The lowest BCUT2D eigenvalue weighted by Crippen LogP contribution is -2.37. The summed E-state index contributed by atoms with van der Waals surface area (Å²) in [4.78, 5) is 22.9. The van der Waals surface area contributed by atoms with Gasteiger partial charge >= 0.3 is 0 Å². The predicted octanol–water partition coefficient (Wildman–Crippen LogP) is 4.00. The van der Waals surface area contributed by atoms with Crippen molar-refractivity contribution in [2.45, 2.75) is 32.8 Å². The highest BCUT2D eigenvalue weighted by Crippen LogP contribution is 2.35. The number of aryl methyl sites for hydroxylation is 1. The Morgan fingerprint density at radius 1 is 1.24 bits per heavy atom. The van der Waals surface area contributed by atoms with Crippen molar-refractivity contribution in [1.82, 2.24) is 15.3 Å². The zero-order valence-corrected chi connectivity index (χ0v) is 17.9. The first-order valence-corrected chi connectivity index (χ1v) is 9.96. The van der Waals surface area contributed by atoms with Crippen molar-refractivity contribution in [2.24, 2.45) is 0 Å². The predicted molar refractivity (Wildman–Crippen MR) is 111 cm³/mol. The van der Waals surface area contributed by atoms with Crippen molar-refractivity contribution < 1.29 is 18.7 Å². The van der Waals surface area contributed by atoms with E-state index in [1.807, 2.05) is 20.8 Å². The van der Waals surface area contributed by atoms with Crippen molar-refractivity contribution in [1.29, 1.82) is 0 Å². The van der Waals surface area contributed by atoms with Gasteiger partial charge in [-0.3, -0.25) is 4.79 Å². The molecule has 29 heavy (non-hydrogen) atoms. The van der Waals surface area contributed by atoms with E-state index >= 15 is 0 Å². The molecule has 0 unspecified atom stereocenters. The van der Waals surface area contributed by atoms with Gasteiger partial charge in [-0.2, -0.15) is 4.98 Å². The fourth-order valence-electron chi connectivity index (χ4n) is 3.19. The zero-order chi connectivity index (χ0) is 21.2. The average Bonchev–Trinajstić information content (AvgIpc) is 3.02. The summed E-state index contributed by atoms with van der Waals surface area (Å²) in [5.41, 5.74) is 0.756. The summed E-state index contributed by atoms with van der Waals surface area (Å²) in [7, 11) is 3.10. The molecule has 2 heterocycles. The highest BCUT2D eigenvalue weighted by molar-refractivity contribution is 7.20. The van der Waals surface area contributed by atoms with Gasteiger partial charge < -0.3 is 14.8 Å². The second kappa shape index (κ2) is 8.42. The fourth-order valence-corrected chi connectivity index (χ4v) is 4.30. The standard InChI is InChI=1S/C21H24FN3O3S/c1-12-16-19(28-5)24-15(10-27-4)25-20(16)29-17(12)18(26)23-11-21(2,3)13-8-6-7-9-14(13)22/h6-9H,10-11H2,1-5H3,(H,23,26). The molecule has 0 radical (unpaired) electrons. The number of methoxy groups -OCH3 is 2. The fraction of sp³-hybridized carbons (Fsp3) is 0.381. The quantitative estimate of drug-likeness (QED) is 0.629. The molecule has 0 spiro atoms. The van der Waals surface area contributed by atoms with E-state index in [9.17, 15) is 9.18 Å². The molecule has 1 N–H and O–H groups in total. The average molecular weight is 418 g/mol. The molecular formula is C21H24FN3O3S. The number of amides is 1. The number of thiophene rings is 1. The van der Waals surface area contributed by atoms with Crippen LogP contribution in [0.1, 0.15) is 40.5 Å². The molecule has 1 aromatic carbocycles.